The summed E-state index contributed by atoms with van der Waals surface area (Å²) < 4.78 is 5.67. The van der Waals surface area contributed by atoms with Gasteiger partial charge < -0.3 is 9.64 Å². The summed E-state index contributed by atoms with van der Waals surface area (Å²) in [4.78, 5) is 14.5. The van der Waals surface area contributed by atoms with E-state index in [0.29, 0.717) is 25.9 Å². The number of amides is 1. The molecule has 1 unspecified atom stereocenters. The Labute approximate surface area is 130 Å². The average Bonchev–Trinajstić information content (AvgIpc) is 3.31. The Hall–Kier alpha value is -2.35. The number of anilines is 1. The lowest BCUT2D eigenvalue weighted by Gasteiger charge is -2.35. The molecule has 0 aromatic heterocycles. The van der Waals surface area contributed by atoms with Gasteiger partial charge in [-0.2, -0.15) is 10.2 Å². The van der Waals surface area contributed by atoms with E-state index in [1.54, 1.807) is 0 Å². The van der Waals surface area contributed by atoms with E-state index in [1.165, 1.54) is 0 Å². The van der Waals surface area contributed by atoms with Gasteiger partial charge in [0.15, 0.2) is 5.66 Å². The summed E-state index contributed by atoms with van der Waals surface area (Å²) >= 11 is 0. The lowest BCUT2D eigenvalue weighted by Crippen LogP contribution is -2.45. The van der Waals surface area contributed by atoms with Gasteiger partial charge >= 0.3 is 0 Å². The molecule has 2 heterocycles. The maximum absolute atomic E-state index is 12.7. The molecule has 22 heavy (non-hydrogen) atoms. The Morgan fingerprint density at radius 1 is 1.45 bits per heavy atom. The van der Waals surface area contributed by atoms with Crippen LogP contribution in [0.3, 0.4) is 0 Å². The average molecular weight is 297 g/mol. The molecule has 5 nitrogen and oxygen atoms in total. The monoisotopic (exact) mass is 297 g/mol. The van der Waals surface area contributed by atoms with Crippen LogP contribution in [0, 0.1) is 12.3 Å². The zero-order valence-corrected chi connectivity index (χ0v) is 12.7. The number of benzene rings is 1. The van der Waals surface area contributed by atoms with Crippen molar-refractivity contribution in [2.45, 2.75) is 44.3 Å². The number of carbonyl (C=O) groups excluding carboxylic acids is 1. The van der Waals surface area contributed by atoms with Crippen molar-refractivity contribution in [2.24, 2.45) is 10.2 Å². The van der Waals surface area contributed by atoms with Crippen LogP contribution >= 0.6 is 0 Å². The summed E-state index contributed by atoms with van der Waals surface area (Å²) in [5.74, 6) is 3.45. The fraction of sp³-hybridized carbons (Fsp3) is 0.471. The molecule has 0 aliphatic carbocycles. The fourth-order valence-corrected chi connectivity index (χ4v) is 2.78. The van der Waals surface area contributed by atoms with Crippen LogP contribution in [0.15, 0.2) is 34.5 Å². The van der Waals surface area contributed by atoms with Gasteiger partial charge in [0.05, 0.1) is 11.7 Å². The molecule has 0 radical (unpaired) electrons. The maximum atomic E-state index is 12.7. The van der Waals surface area contributed by atoms with Crippen LogP contribution in [0.2, 0.25) is 0 Å². The molecule has 1 aromatic rings. The first-order valence-electron chi connectivity index (χ1n) is 7.57. The van der Waals surface area contributed by atoms with Crippen LogP contribution < -0.4 is 9.64 Å². The smallest absolute Gasteiger partial charge is 0.227 e. The minimum absolute atomic E-state index is 0.0251. The molecule has 0 fully saturated rings. The maximum Gasteiger partial charge on any atom is 0.227 e. The number of hydrogen-bond acceptors (Lipinski definition) is 4. The molecule has 3 rings (SSSR count). The lowest BCUT2D eigenvalue weighted by molar-refractivity contribution is -0.119. The van der Waals surface area contributed by atoms with Crippen LogP contribution in [0.4, 0.5) is 5.69 Å². The Morgan fingerprint density at radius 3 is 2.95 bits per heavy atom. The first kappa shape index (κ1) is 14.6. The predicted molar refractivity (Wildman–Crippen MR) is 83.8 cm³/mol. The Morgan fingerprint density at radius 2 is 2.23 bits per heavy atom. The summed E-state index contributed by atoms with van der Waals surface area (Å²) in [6.45, 7) is 2.51. The highest BCUT2D eigenvalue weighted by molar-refractivity contribution is 5.95. The van der Waals surface area contributed by atoms with Gasteiger partial charge in [-0.05, 0) is 19.1 Å². The van der Waals surface area contributed by atoms with E-state index in [1.807, 2.05) is 36.1 Å². The zero-order valence-electron chi connectivity index (χ0n) is 12.7. The van der Waals surface area contributed by atoms with Gasteiger partial charge in [-0.25, -0.2) is 0 Å². The number of hydrogen-bond donors (Lipinski definition) is 0. The van der Waals surface area contributed by atoms with E-state index in [0.717, 1.165) is 17.9 Å². The van der Waals surface area contributed by atoms with Crippen molar-refractivity contribution in [1.82, 2.24) is 0 Å². The normalized spacial score (nSPS) is 20.7. The molecule has 2 aliphatic rings. The van der Waals surface area contributed by atoms with Gasteiger partial charge in [0.25, 0.3) is 0 Å². The molecule has 2 aliphatic heterocycles. The Kier molecular flexibility index (Phi) is 3.84. The van der Waals surface area contributed by atoms with Gasteiger partial charge in [-0.15, -0.1) is 12.3 Å². The van der Waals surface area contributed by atoms with E-state index in [9.17, 15) is 4.79 Å². The molecule has 1 aromatic carbocycles. The summed E-state index contributed by atoms with van der Waals surface area (Å²) in [6.07, 6.45) is 7.69. The van der Waals surface area contributed by atoms with Gasteiger partial charge in [0, 0.05) is 25.7 Å². The molecule has 0 spiro atoms. The number of ether oxygens (including phenoxy) is 1. The Balaban J connectivity index is 1.66. The summed E-state index contributed by atoms with van der Waals surface area (Å²) in [7, 11) is 0. The topological polar surface area (TPSA) is 54.3 Å². The van der Waals surface area contributed by atoms with Gasteiger partial charge in [-0.1, -0.05) is 12.1 Å². The molecular weight excluding hydrogens is 278 g/mol. The molecule has 5 heteroatoms. The van der Waals surface area contributed by atoms with Crippen molar-refractivity contribution < 1.29 is 9.53 Å². The highest BCUT2D eigenvalue weighted by Crippen LogP contribution is 2.39. The van der Waals surface area contributed by atoms with E-state index in [-0.39, 0.29) is 11.9 Å². The first-order chi connectivity index (χ1) is 10.7. The van der Waals surface area contributed by atoms with Gasteiger partial charge in [-0.3, -0.25) is 4.79 Å². The highest BCUT2D eigenvalue weighted by Gasteiger charge is 2.40. The number of nitrogens with zero attached hydrogens (tertiary/aromatic N) is 3. The minimum Gasteiger partial charge on any atom is -0.489 e. The molecule has 114 valence electrons. The fourth-order valence-electron chi connectivity index (χ4n) is 2.78. The van der Waals surface area contributed by atoms with E-state index < -0.39 is 5.66 Å². The van der Waals surface area contributed by atoms with Crippen molar-refractivity contribution in [3.8, 4) is 18.1 Å². The van der Waals surface area contributed by atoms with Crippen LogP contribution in [0.25, 0.3) is 0 Å². The Bertz CT molecular complexity index is 642. The van der Waals surface area contributed by atoms with E-state index in [2.05, 4.69) is 16.1 Å². The van der Waals surface area contributed by atoms with Gasteiger partial charge in [0.2, 0.25) is 5.91 Å². The van der Waals surface area contributed by atoms with Crippen molar-refractivity contribution >= 4 is 11.6 Å². The van der Waals surface area contributed by atoms with Crippen LogP contribution in [-0.4, -0.2) is 24.2 Å². The number of para-hydroxylation sites is 2. The second-order valence-corrected chi connectivity index (χ2v) is 5.78. The quantitative estimate of drug-likeness (QED) is 0.784. The molecule has 0 saturated heterocycles. The lowest BCUT2D eigenvalue weighted by atomic mass is 10.0. The number of rotatable bonds is 5. The van der Waals surface area contributed by atoms with Gasteiger partial charge in [0.1, 0.15) is 12.4 Å². The van der Waals surface area contributed by atoms with E-state index in [4.69, 9.17) is 11.2 Å². The van der Waals surface area contributed by atoms with Crippen molar-refractivity contribution in [1.29, 1.82) is 0 Å². The summed E-state index contributed by atoms with van der Waals surface area (Å²) in [6, 6.07) is 7.66. The van der Waals surface area contributed by atoms with Crippen LogP contribution in [0.5, 0.6) is 5.75 Å². The zero-order chi connectivity index (χ0) is 15.6. The third-order valence-electron chi connectivity index (χ3n) is 4.11. The minimum atomic E-state index is -0.406. The first-order valence-corrected chi connectivity index (χ1v) is 7.57. The number of fused-ring (bicyclic) bond motifs is 1. The summed E-state index contributed by atoms with van der Waals surface area (Å²) in [5, 5.41) is 8.17. The molecule has 0 bridgehead atoms. The second-order valence-electron chi connectivity index (χ2n) is 5.78. The predicted octanol–water partition coefficient (Wildman–Crippen LogP) is 3.16. The largest absolute Gasteiger partial charge is 0.489 e. The summed E-state index contributed by atoms with van der Waals surface area (Å²) in [5.41, 5.74) is 0.436. The number of terminal acetylenes is 1. The third-order valence-corrected chi connectivity index (χ3v) is 4.11. The van der Waals surface area contributed by atoms with Crippen LogP contribution in [0.1, 0.15) is 32.6 Å². The van der Waals surface area contributed by atoms with Crippen molar-refractivity contribution in [3.63, 3.8) is 0 Å². The van der Waals surface area contributed by atoms with Crippen LogP contribution in [-0.2, 0) is 4.79 Å². The SMILES string of the molecule is C#CCCC1(CCC(=O)N2c3ccccc3OCC2C)N=N1. The molecule has 1 amide bonds. The third kappa shape index (κ3) is 2.82. The van der Waals surface area contributed by atoms with Crippen molar-refractivity contribution in [2.75, 3.05) is 11.5 Å². The van der Waals surface area contributed by atoms with E-state index >= 15 is 0 Å². The molecule has 0 saturated carbocycles. The highest BCUT2D eigenvalue weighted by atomic mass is 16.5. The van der Waals surface area contributed by atoms with Crippen molar-refractivity contribution in [3.05, 3.63) is 24.3 Å². The number of carbonyl (C=O) groups is 1. The molecule has 0 N–H and O–H groups in total. The molecular formula is C17H19N3O2. The second kappa shape index (κ2) is 5.80. The standard InChI is InChI=1S/C17H19N3O2/c1-3-4-10-17(18-19-17)11-9-16(21)20-13(2)12-22-15-8-6-5-7-14(15)20/h1,5-8,13H,4,9-12H2,2H3. The molecule has 1 atom stereocenters.